The molecule has 0 aliphatic carbocycles. The standard InChI is InChI=1S/C5H11N/c1-5(2,3)6-4/h4H2,1-3H3/p+1. The van der Waals surface area contributed by atoms with Crippen LogP contribution >= 0.6 is 0 Å². The Bertz CT molecular complexity index is 49.4. The van der Waals surface area contributed by atoms with Gasteiger partial charge in [0, 0.05) is 0 Å². The van der Waals surface area contributed by atoms with Crippen LogP contribution < -0.4 is 4.99 Å². The van der Waals surface area contributed by atoms with Crippen molar-refractivity contribution in [1.82, 2.24) is 0 Å². The van der Waals surface area contributed by atoms with Crippen LogP contribution in [0.15, 0.2) is 0 Å². The summed E-state index contributed by atoms with van der Waals surface area (Å²) in [5.74, 6) is 0. The number of nitrogens with one attached hydrogen (secondary N) is 1. The lowest BCUT2D eigenvalue weighted by Gasteiger charge is -2.00. The highest BCUT2D eigenvalue weighted by molar-refractivity contribution is 5.12. The van der Waals surface area contributed by atoms with Gasteiger partial charge in [0.05, 0.1) is 0 Å². The van der Waals surface area contributed by atoms with Gasteiger partial charge in [-0.3, -0.25) is 0 Å². The van der Waals surface area contributed by atoms with Crippen LogP contribution in [0, 0.1) is 0 Å². The molecule has 0 aromatic carbocycles. The van der Waals surface area contributed by atoms with Gasteiger partial charge in [-0.25, -0.2) is 4.99 Å². The van der Waals surface area contributed by atoms with Crippen LogP contribution in [0.2, 0.25) is 0 Å². The lowest BCUT2D eigenvalue weighted by Crippen LogP contribution is -2.79. The van der Waals surface area contributed by atoms with Gasteiger partial charge in [-0.05, 0) is 20.8 Å². The van der Waals surface area contributed by atoms with Crippen LogP contribution in [-0.4, -0.2) is 12.3 Å². The van der Waals surface area contributed by atoms with E-state index in [1.807, 2.05) is 0 Å². The second-order valence-corrected chi connectivity index (χ2v) is 2.43. The third kappa shape index (κ3) is 3.67. The smallest absolute Gasteiger partial charge is 0.151 e. The van der Waals surface area contributed by atoms with Crippen LogP contribution in [0.1, 0.15) is 20.8 Å². The average molecular weight is 86.2 g/mol. The largest absolute Gasteiger partial charge is 0.250 e. The highest BCUT2D eigenvalue weighted by atomic mass is 14.8. The molecule has 1 heteroatoms. The van der Waals surface area contributed by atoms with Gasteiger partial charge in [0.25, 0.3) is 0 Å². The van der Waals surface area contributed by atoms with Crippen molar-refractivity contribution in [3.63, 3.8) is 0 Å². The van der Waals surface area contributed by atoms with Gasteiger partial charge in [-0.1, -0.05) is 0 Å². The minimum Gasteiger partial charge on any atom is -0.250 e. The molecule has 1 nitrogen and oxygen atoms in total. The minimum atomic E-state index is 0.181. The molecule has 0 bridgehead atoms. The Hall–Kier alpha value is -0.330. The summed E-state index contributed by atoms with van der Waals surface area (Å²) in [5.41, 5.74) is 0.181. The van der Waals surface area contributed by atoms with Gasteiger partial charge in [-0.2, -0.15) is 0 Å². The van der Waals surface area contributed by atoms with Crippen molar-refractivity contribution in [2.45, 2.75) is 26.3 Å². The Kier molecular flexibility index (Phi) is 1.34. The third-order valence-electron chi connectivity index (χ3n) is 0.530. The Balaban J connectivity index is 3.45. The summed E-state index contributed by atoms with van der Waals surface area (Å²) in [6.07, 6.45) is 0. The lowest BCUT2D eigenvalue weighted by atomic mass is 10.1. The molecular weight excluding hydrogens is 74.1 g/mol. The average Bonchev–Trinajstić information content (AvgIpc) is 1.35. The monoisotopic (exact) mass is 86.1 g/mol. The first-order valence-corrected chi connectivity index (χ1v) is 2.10. The predicted octanol–water partition coefficient (Wildman–Crippen LogP) is -0.434. The van der Waals surface area contributed by atoms with Gasteiger partial charge < -0.3 is 0 Å². The summed E-state index contributed by atoms with van der Waals surface area (Å²) in [7, 11) is 0. The molecule has 0 unspecified atom stereocenters. The molecule has 1 N–H and O–H groups in total. The summed E-state index contributed by atoms with van der Waals surface area (Å²) in [6.45, 7) is 9.72. The zero-order chi connectivity index (χ0) is 5.21. The van der Waals surface area contributed by atoms with Crippen LogP contribution in [-0.2, 0) is 0 Å². The van der Waals surface area contributed by atoms with E-state index in [-0.39, 0.29) is 5.54 Å². The second-order valence-electron chi connectivity index (χ2n) is 2.43. The first kappa shape index (κ1) is 5.67. The fraction of sp³-hybridized carbons (Fsp3) is 0.800. The Morgan fingerprint density at radius 3 is 1.50 bits per heavy atom. The molecule has 0 radical (unpaired) electrons. The molecule has 0 fully saturated rings. The van der Waals surface area contributed by atoms with Crippen LogP contribution in [0.25, 0.3) is 0 Å². The third-order valence-corrected chi connectivity index (χ3v) is 0.530. The molecule has 0 saturated carbocycles. The highest BCUT2D eigenvalue weighted by Crippen LogP contribution is 1.84. The van der Waals surface area contributed by atoms with E-state index in [9.17, 15) is 0 Å². The quantitative estimate of drug-likeness (QED) is 0.384. The maximum Gasteiger partial charge on any atom is 0.151 e. The van der Waals surface area contributed by atoms with Gasteiger partial charge in [0.2, 0.25) is 0 Å². The van der Waals surface area contributed by atoms with E-state index in [2.05, 4.69) is 32.5 Å². The predicted molar refractivity (Wildman–Crippen MR) is 27.8 cm³/mol. The number of rotatable bonds is 0. The van der Waals surface area contributed by atoms with E-state index >= 15 is 0 Å². The molecular formula is C5H12N+. The SMILES string of the molecule is C=[NH+]C(C)(C)C. The Labute approximate surface area is 39.1 Å². The fourth-order valence-electron chi connectivity index (χ4n) is 0. The van der Waals surface area contributed by atoms with Crippen molar-refractivity contribution in [3.05, 3.63) is 0 Å². The Morgan fingerprint density at radius 1 is 1.33 bits per heavy atom. The molecule has 0 saturated heterocycles. The normalized spacial score (nSPS) is 11.2. The van der Waals surface area contributed by atoms with Crippen molar-refractivity contribution in [1.29, 1.82) is 0 Å². The van der Waals surface area contributed by atoms with Crippen LogP contribution in [0.5, 0.6) is 0 Å². The first-order valence-electron chi connectivity index (χ1n) is 2.10. The fourth-order valence-corrected chi connectivity index (χ4v) is 0. The molecule has 0 aromatic rings. The van der Waals surface area contributed by atoms with Crippen LogP contribution in [0.4, 0.5) is 0 Å². The molecule has 6 heavy (non-hydrogen) atoms. The maximum atomic E-state index is 3.51. The summed E-state index contributed by atoms with van der Waals surface area (Å²) in [4.78, 5) is 2.85. The lowest BCUT2D eigenvalue weighted by molar-refractivity contribution is -0.530. The molecule has 0 spiro atoms. The van der Waals surface area contributed by atoms with E-state index in [1.165, 1.54) is 0 Å². The van der Waals surface area contributed by atoms with E-state index in [4.69, 9.17) is 0 Å². The molecule has 0 amide bonds. The molecule has 0 aliphatic rings. The summed E-state index contributed by atoms with van der Waals surface area (Å²) in [6, 6.07) is 0. The molecule has 0 atom stereocenters. The van der Waals surface area contributed by atoms with E-state index in [1.54, 1.807) is 0 Å². The molecule has 0 rings (SSSR count). The van der Waals surface area contributed by atoms with E-state index in [0.717, 1.165) is 0 Å². The van der Waals surface area contributed by atoms with Gasteiger partial charge in [0.1, 0.15) is 6.72 Å². The topological polar surface area (TPSA) is 14.0 Å². The summed E-state index contributed by atoms with van der Waals surface area (Å²) < 4.78 is 0. The highest BCUT2D eigenvalue weighted by Gasteiger charge is 2.08. The van der Waals surface area contributed by atoms with Crippen molar-refractivity contribution in [2.75, 3.05) is 0 Å². The molecule has 36 valence electrons. The van der Waals surface area contributed by atoms with Gasteiger partial charge in [-0.15, -0.1) is 0 Å². The van der Waals surface area contributed by atoms with Crippen molar-refractivity contribution in [3.8, 4) is 0 Å². The van der Waals surface area contributed by atoms with Gasteiger partial charge in [0.15, 0.2) is 5.54 Å². The zero-order valence-electron chi connectivity index (χ0n) is 4.71. The number of hydrogen-bond donors (Lipinski definition) is 1. The number of hydrogen-bond acceptors (Lipinski definition) is 0. The summed E-state index contributed by atoms with van der Waals surface area (Å²) in [5, 5.41) is 0. The summed E-state index contributed by atoms with van der Waals surface area (Å²) >= 11 is 0. The van der Waals surface area contributed by atoms with Gasteiger partial charge >= 0.3 is 0 Å². The maximum absolute atomic E-state index is 3.51. The molecule has 0 heterocycles. The van der Waals surface area contributed by atoms with Crippen molar-refractivity contribution in [2.24, 2.45) is 0 Å². The Morgan fingerprint density at radius 2 is 1.50 bits per heavy atom. The van der Waals surface area contributed by atoms with E-state index in [0.29, 0.717) is 0 Å². The molecule has 0 aromatic heterocycles. The zero-order valence-corrected chi connectivity index (χ0v) is 4.71. The van der Waals surface area contributed by atoms with Crippen LogP contribution in [0.3, 0.4) is 0 Å². The second kappa shape index (κ2) is 1.41. The van der Waals surface area contributed by atoms with E-state index < -0.39 is 0 Å². The molecule has 0 aliphatic heterocycles. The first-order chi connectivity index (χ1) is 2.56. The van der Waals surface area contributed by atoms with Crippen molar-refractivity contribution < 1.29 is 4.99 Å². The van der Waals surface area contributed by atoms with Crippen molar-refractivity contribution >= 4 is 6.72 Å². The minimum absolute atomic E-state index is 0.181.